The van der Waals surface area contributed by atoms with E-state index in [0.29, 0.717) is 0 Å². The summed E-state index contributed by atoms with van der Waals surface area (Å²) < 4.78 is 1.10. The van der Waals surface area contributed by atoms with Gasteiger partial charge in [-0.25, -0.2) is 0 Å². The maximum absolute atomic E-state index is 3.85. The van der Waals surface area contributed by atoms with Crippen molar-refractivity contribution in [3.63, 3.8) is 0 Å². The average Bonchev–Trinajstić information content (AvgIpc) is 1.80. The third-order valence-electron chi connectivity index (χ3n) is 1.31. The van der Waals surface area contributed by atoms with E-state index in [1.165, 1.54) is 5.56 Å². The number of halogens is 1. The molecule has 0 fully saturated rings. The van der Waals surface area contributed by atoms with Crippen molar-refractivity contribution in [3.05, 3.63) is 40.7 Å². The van der Waals surface area contributed by atoms with Gasteiger partial charge in [0.15, 0.2) is 0 Å². The van der Waals surface area contributed by atoms with E-state index in [1.54, 1.807) is 0 Å². The van der Waals surface area contributed by atoms with E-state index in [2.05, 4.69) is 29.8 Å². The number of hydrogen-bond donors (Lipinski definition) is 0. The lowest BCUT2D eigenvalue weighted by atomic mass is 10.1. The van der Waals surface area contributed by atoms with Crippen LogP contribution in [0.5, 0.6) is 0 Å². The summed E-state index contributed by atoms with van der Waals surface area (Å²) in [6, 6.07) is 6.08. The van der Waals surface area contributed by atoms with Crippen molar-refractivity contribution in [2.75, 3.05) is 0 Å². The van der Waals surface area contributed by atoms with Gasteiger partial charge in [-0.1, -0.05) is 22.0 Å². The molecule has 47 valence electrons. The minimum Gasteiger partial charge on any atom is -0.0579 e. The maximum Gasteiger partial charge on any atom is 0.0178 e. The Labute approximate surface area is 64.0 Å². The van der Waals surface area contributed by atoms with Crippen molar-refractivity contribution < 1.29 is 0 Å². The highest BCUT2D eigenvalue weighted by molar-refractivity contribution is 9.10. The number of hydrogen-bond acceptors (Lipinski definition) is 0. The lowest BCUT2D eigenvalue weighted by Gasteiger charge is -1.97. The van der Waals surface area contributed by atoms with Gasteiger partial charge in [0.05, 0.1) is 0 Å². The predicted octanol–water partition coefficient (Wildman–Crippen LogP) is 2.94. The molecule has 0 aliphatic rings. The molecule has 1 aromatic rings. The maximum atomic E-state index is 3.85. The summed E-state index contributed by atoms with van der Waals surface area (Å²) in [5, 5.41) is 0. The summed E-state index contributed by atoms with van der Waals surface area (Å²) in [6.45, 7) is 5.90. The van der Waals surface area contributed by atoms with Gasteiger partial charge in [0, 0.05) is 4.47 Å². The molecule has 0 spiro atoms. The van der Waals surface area contributed by atoms with E-state index in [9.17, 15) is 0 Å². The van der Waals surface area contributed by atoms with Gasteiger partial charge in [-0.05, 0) is 37.1 Å². The van der Waals surface area contributed by atoms with Gasteiger partial charge in [0.2, 0.25) is 0 Å². The molecular formula is C8H8Br. The molecule has 1 radical (unpaired) electrons. The Morgan fingerprint density at radius 2 is 2.11 bits per heavy atom. The normalized spacial score (nSPS) is 9.67. The van der Waals surface area contributed by atoms with Crippen molar-refractivity contribution >= 4 is 15.9 Å². The van der Waals surface area contributed by atoms with Gasteiger partial charge in [-0.15, -0.1) is 0 Å². The molecule has 0 atom stereocenters. The molecule has 0 heterocycles. The molecule has 0 N–H and O–H groups in total. The highest BCUT2D eigenvalue weighted by Crippen LogP contribution is 2.14. The molecular weight excluding hydrogens is 176 g/mol. The fraction of sp³-hybridized carbons (Fsp3) is 0.125. The zero-order valence-electron chi connectivity index (χ0n) is 5.32. The van der Waals surface area contributed by atoms with Crippen LogP contribution in [0.1, 0.15) is 11.1 Å². The number of rotatable bonds is 0. The molecule has 0 amide bonds. The van der Waals surface area contributed by atoms with E-state index in [0.717, 1.165) is 10.0 Å². The SMILES string of the molecule is [CH2]c1cc(Br)ccc1C. The molecule has 0 unspecified atom stereocenters. The Morgan fingerprint density at radius 3 is 2.56 bits per heavy atom. The highest BCUT2D eigenvalue weighted by atomic mass is 79.9. The molecule has 0 saturated heterocycles. The lowest BCUT2D eigenvalue weighted by molar-refractivity contribution is 1.40. The molecule has 1 rings (SSSR count). The van der Waals surface area contributed by atoms with Gasteiger partial charge in [-0.2, -0.15) is 0 Å². The minimum absolute atomic E-state index is 1.09. The first kappa shape index (κ1) is 6.81. The minimum atomic E-state index is 1.09. The second kappa shape index (κ2) is 2.53. The Hall–Kier alpha value is -0.300. The third kappa shape index (κ3) is 1.55. The van der Waals surface area contributed by atoms with E-state index < -0.39 is 0 Å². The molecule has 9 heavy (non-hydrogen) atoms. The Kier molecular flexibility index (Phi) is 1.91. The van der Waals surface area contributed by atoms with Crippen LogP contribution in [0.25, 0.3) is 0 Å². The fourth-order valence-electron chi connectivity index (χ4n) is 0.640. The molecule has 0 nitrogen and oxygen atoms in total. The molecule has 1 aromatic carbocycles. The Bertz CT molecular complexity index is 216. The second-order valence-corrected chi connectivity index (χ2v) is 2.99. The van der Waals surface area contributed by atoms with Gasteiger partial charge >= 0.3 is 0 Å². The van der Waals surface area contributed by atoms with Gasteiger partial charge in [-0.3, -0.25) is 0 Å². The van der Waals surface area contributed by atoms with Crippen LogP contribution in [-0.2, 0) is 0 Å². The van der Waals surface area contributed by atoms with Crippen molar-refractivity contribution in [2.45, 2.75) is 6.92 Å². The molecule has 1 heteroatoms. The van der Waals surface area contributed by atoms with Crippen LogP contribution in [-0.4, -0.2) is 0 Å². The Morgan fingerprint density at radius 1 is 1.44 bits per heavy atom. The molecule has 0 saturated carbocycles. The summed E-state index contributed by atoms with van der Waals surface area (Å²) in [5.74, 6) is 0. The quantitative estimate of drug-likeness (QED) is 0.581. The monoisotopic (exact) mass is 183 g/mol. The van der Waals surface area contributed by atoms with E-state index >= 15 is 0 Å². The average molecular weight is 184 g/mol. The van der Waals surface area contributed by atoms with Crippen LogP contribution in [0.2, 0.25) is 0 Å². The molecule has 0 aliphatic carbocycles. The van der Waals surface area contributed by atoms with E-state index in [4.69, 9.17) is 0 Å². The summed E-state index contributed by atoms with van der Waals surface area (Å²) >= 11 is 3.36. The first-order valence-electron chi connectivity index (χ1n) is 2.78. The highest BCUT2D eigenvalue weighted by Gasteiger charge is 1.90. The van der Waals surface area contributed by atoms with Crippen molar-refractivity contribution in [1.82, 2.24) is 0 Å². The van der Waals surface area contributed by atoms with Crippen LogP contribution in [0, 0.1) is 13.8 Å². The second-order valence-electron chi connectivity index (χ2n) is 2.07. The van der Waals surface area contributed by atoms with Crippen molar-refractivity contribution in [2.24, 2.45) is 0 Å². The number of benzene rings is 1. The summed E-state index contributed by atoms with van der Waals surface area (Å²) in [5.41, 5.74) is 2.32. The molecule has 0 bridgehead atoms. The summed E-state index contributed by atoms with van der Waals surface area (Å²) in [6.07, 6.45) is 0. The first-order valence-corrected chi connectivity index (χ1v) is 3.57. The number of aryl methyl sites for hydroxylation is 1. The van der Waals surface area contributed by atoms with E-state index in [1.807, 2.05) is 18.2 Å². The van der Waals surface area contributed by atoms with Crippen LogP contribution in [0.4, 0.5) is 0 Å². The van der Waals surface area contributed by atoms with Gasteiger partial charge in [0.25, 0.3) is 0 Å². The third-order valence-corrected chi connectivity index (χ3v) is 1.80. The fourth-order valence-corrected chi connectivity index (χ4v) is 1.05. The van der Waals surface area contributed by atoms with Crippen LogP contribution in [0.3, 0.4) is 0 Å². The van der Waals surface area contributed by atoms with Gasteiger partial charge in [0.1, 0.15) is 0 Å². The van der Waals surface area contributed by atoms with Crippen LogP contribution in [0.15, 0.2) is 22.7 Å². The molecule has 0 aliphatic heterocycles. The van der Waals surface area contributed by atoms with Crippen molar-refractivity contribution in [3.8, 4) is 0 Å². The Balaban J connectivity index is 3.17. The zero-order chi connectivity index (χ0) is 6.85. The standard InChI is InChI=1S/C8H8Br/c1-6-3-4-8(9)5-7(6)2/h3-5H,2H2,1H3. The largest absolute Gasteiger partial charge is 0.0579 e. The van der Waals surface area contributed by atoms with Crippen LogP contribution < -0.4 is 0 Å². The van der Waals surface area contributed by atoms with Crippen LogP contribution >= 0.6 is 15.9 Å². The summed E-state index contributed by atoms with van der Waals surface area (Å²) in [7, 11) is 0. The molecule has 0 aromatic heterocycles. The predicted molar refractivity (Wildman–Crippen MR) is 43.3 cm³/mol. The first-order chi connectivity index (χ1) is 4.20. The zero-order valence-corrected chi connectivity index (χ0v) is 6.90. The lowest BCUT2D eigenvalue weighted by Crippen LogP contribution is -1.77. The van der Waals surface area contributed by atoms with E-state index in [-0.39, 0.29) is 0 Å². The smallest absolute Gasteiger partial charge is 0.0178 e. The summed E-state index contributed by atoms with van der Waals surface area (Å²) in [4.78, 5) is 0. The topological polar surface area (TPSA) is 0 Å². The van der Waals surface area contributed by atoms with Crippen molar-refractivity contribution in [1.29, 1.82) is 0 Å². The van der Waals surface area contributed by atoms with Gasteiger partial charge < -0.3 is 0 Å².